The molecule has 4 nitrogen and oxygen atoms in total. The van der Waals surface area contributed by atoms with E-state index < -0.39 is 6.04 Å². The van der Waals surface area contributed by atoms with Gasteiger partial charge in [-0.25, -0.2) is 0 Å². The fraction of sp³-hybridized carbons (Fsp3) is 0.300. The monoisotopic (exact) mass is 356 g/mol. The lowest BCUT2D eigenvalue weighted by atomic mass is 10.1. The molecular formula is C20H21ClN2O2. The van der Waals surface area contributed by atoms with Crippen molar-refractivity contribution in [1.29, 1.82) is 0 Å². The van der Waals surface area contributed by atoms with E-state index in [2.05, 4.69) is 5.32 Å². The Morgan fingerprint density at radius 3 is 2.52 bits per heavy atom. The lowest BCUT2D eigenvalue weighted by Crippen LogP contribution is -2.45. The fourth-order valence-corrected chi connectivity index (χ4v) is 3.19. The molecule has 2 amide bonds. The molecule has 1 saturated heterocycles. The van der Waals surface area contributed by atoms with E-state index in [1.807, 2.05) is 55.5 Å². The molecule has 1 aliphatic heterocycles. The van der Waals surface area contributed by atoms with Crippen LogP contribution in [0.2, 0.25) is 5.02 Å². The number of amides is 2. The number of nitrogens with one attached hydrogen (secondary N) is 1. The van der Waals surface area contributed by atoms with Crippen molar-refractivity contribution in [2.24, 2.45) is 0 Å². The number of benzene rings is 2. The first-order chi connectivity index (χ1) is 12.0. The number of carbonyl (C=O) groups is 2. The van der Waals surface area contributed by atoms with Crippen LogP contribution in [-0.4, -0.2) is 24.4 Å². The van der Waals surface area contributed by atoms with Gasteiger partial charge in [0.15, 0.2) is 0 Å². The Balaban J connectivity index is 1.61. The van der Waals surface area contributed by atoms with E-state index in [1.165, 1.54) is 0 Å². The van der Waals surface area contributed by atoms with Gasteiger partial charge in [-0.2, -0.15) is 0 Å². The van der Waals surface area contributed by atoms with E-state index in [0.717, 1.165) is 23.2 Å². The van der Waals surface area contributed by atoms with Crippen molar-refractivity contribution in [3.8, 4) is 0 Å². The van der Waals surface area contributed by atoms with Crippen LogP contribution >= 0.6 is 11.6 Å². The number of rotatable bonds is 5. The van der Waals surface area contributed by atoms with Gasteiger partial charge in [0, 0.05) is 23.7 Å². The van der Waals surface area contributed by atoms with Crippen LogP contribution < -0.4 is 10.2 Å². The molecule has 25 heavy (non-hydrogen) atoms. The third-order valence-electron chi connectivity index (χ3n) is 4.45. The van der Waals surface area contributed by atoms with Gasteiger partial charge in [0.2, 0.25) is 11.8 Å². The van der Waals surface area contributed by atoms with E-state index in [9.17, 15) is 9.59 Å². The second kappa shape index (κ2) is 7.70. The van der Waals surface area contributed by atoms with E-state index in [4.69, 9.17) is 11.6 Å². The summed E-state index contributed by atoms with van der Waals surface area (Å²) in [6.45, 7) is 2.53. The molecule has 2 aromatic rings. The van der Waals surface area contributed by atoms with Crippen LogP contribution in [0.3, 0.4) is 0 Å². The zero-order chi connectivity index (χ0) is 17.8. The molecule has 1 fully saturated rings. The highest BCUT2D eigenvalue weighted by Crippen LogP contribution is 2.27. The quantitative estimate of drug-likeness (QED) is 0.891. The van der Waals surface area contributed by atoms with Crippen LogP contribution in [0.4, 0.5) is 5.69 Å². The predicted octanol–water partition coefficient (Wildman–Crippen LogP) is 3.50. The Bertz CT molecular complexity index is 756. The van der Waals surface area contributed by atoms with E-state index in [-0.39, 0.29) is 11.8 Å². The minimum atomic E-state index is -0.430. The molecule has 0 saturated carbocycles. The maximum atomic E-state index is 12.6. The zero-order valence-electron chi connectivity index (χ0n) is 14.2. The number of nitrogens with zero attached hydrogens (tertiary/aromatic N) is 1. The molecule has 0 bridgehead atoms. The van der Waals surface area contributed by atoms with Crippen molar-refractivity contribution in [2.75, 3.05) is 11.4 Å². The topological polar surface area (TPSA) is 49.4 Å². The van der Waals surface area contributed by atoms with Crippen LogP contribution in [0.25, 0.3) is 0 Å². The minimum absolute atomic E-state index is 0.00158. The lowest BCUT2D eigenvalue weighted by Gasteiger charge is -2.24. The molecule has 0 spiro atoms. The first-order valence-corrected chi connectivity index (χ1v) is 8.83. The smallest absolute Gasteiger partial charge is 0.243 e. The maximum Gasteiger partial charge on any atom is 0.243 e. The summed E-state index contributed by atoms with van der Waals surface area (Å²) in [7, 11) is 0. The fourth-order valence-electron chi connectivity index (χ4n) is 3.06. The Kier molecular flexibility index (Phi) is 5.39. The highest BCUT2D eigenvalue weighted by molar-refractivity contribution is 6.30. The molecule has 1 aliphatic rings. The second-order valence-corrected chi connectivity index (χ2v) is 6.76. The molecule has 1 unspecified atom stereocenters. The van der Waals surface area contributed by atoms with Gasteiger partial charge in [0.05, 0.1) is 0 Å². The molecule has 2 aromatic carbocycles. The van der Waals surface area contributed by atoms with Gasteiger partial charge in [-0.3, -0.25) is 14.5 Å². The van der Waals surface area contributed by atoms with E-state index in [0.29, 0.717) is 24.4 Å². The van der Waals surface area contributed by atoms with Gasteiger partial charge in [-0.15, -0.1) is 0 Å². The standard InChI is InChI=1S/C20H21ClN2O2/c1-14-2-8-17(9-3-14)23-18(10-11-19(23)24)20(25)22-13-12-15-4-6-16(21)7-5-15/h2-9,18H,10-13H2,1H3,(H,22,25). The van der Waals surface area contributed by atoms with Crippen LogP contribution in [-0.2, 0) is 16.0 Å². The predicted molar refractivity (Wildman–Crippen MR) is 99.9 cm³/mol. The van der Waals surface area contributed by atoms with Gasteiger partial charge >= 0.3 is 0 Å². The van der Waals surface area contributed by atoms with E-state index in [1.54, 1.807) is 4.90 Å². The van der Waals surface area contributed by atoms with Gasteiger partial charge in [0.25, 0.3) is 0 Å². The number of hydrogen-bond acceptors (Lipinski definition) is 2. The van der Waals surface area contributed by atoms with Crippen LogP contribution in [0.15, 0.2) is 48.5 Å². The van der Waals surface area contributed by atoms with Crippen molar-refractivity contribution in [3.05, 3.63) is 64.7 Å². The number of carbonyl (C=O) groups excluding carboxylic acids is 2. The number of halogens is 1. The molecule has 1 atom stereocenters. The molecule has 1 heterocycles. The first-order valence-electron chi connectivity index (χ1n) is 8.45. The summed E-state index contributed by atoms with van der Waals surface area (Å²) in [6.07, 6.45) is 1.69. The largest absolute Gasteiger partial charge is 0.354 e. The average Bonchev–Trinajstić information content (AvgIpc) is 2.99. The highest BCUT2D eigenvalue weighted by Gasteiger charge is 2.36. The van der Waals surface area contributed by atoms with Crippen molar-refractivity contribution in [1.82, 2.24) is 5.32 Å². The summed E-state index contributed by atoms with van der Waals surface area (Å²) in [5.41, 5.74) is 3.02. The minimum Gasteiger partial charge on any atom is -0.354 e. The number of aryl methyl sites for hydroxylation is 1. The molecule has 0 radical (unpaired) electrons. The average molecular weight is 357 g/mol. The number of anilines is 1. The van der Waals surface area contributed by atoms with Gasteiger partial charge in [-0.05, 0) is 49.6 Å². The van der Waals surface area contributed by atoms with E-state index >= 15 is 0 Å². The zero-order valence-corrected chi connectivity index (χ0v) is 14.9. The summed E-state index contributed by atoms with van der Waals surface area (Å²) >= 11 is 5.87. The second-order valence-electron chi connectivity index (χ2n) is 6.32. The van der Waals surface area contributed by atoms with Gasteiger partial charge in [-0.1, -0.05) is 41.4 Å². The van der Waals surface area contributed by atoms with Crippen LogP contribution in [0.1, 0.15) is 24.0 Å². The summed E-state index contributed by atoms with van der Waals surface area (Å²) in [6, 6.07) is 14.9. The number of hydrogen-bond donors (Lipinski definition) is 1. The maximum absolute atomic E-state index is 12.6. The Labute approximate surface area is 152 Å². The normalized spacial score (nSPS) is 17.0. The third-order valence-corrected chi connectivity index (χ3v) is 4.70. The van der Waals surface area contributed by atoms with Crippen molar-refractivity contribution in [2.45, 2.75) is 32.2 Å². The van der Waals surface area contributed by atoms with Gasteiger partial charge < -0.3 is 5.32 Å². The Hall–Kier alpha value is -2.33. The summed E-state index contributed by atoms with van der Waals surface area (Å²) in [4.78, 5) is 26.4. The van der Waals surface area contributed by atoms with Crippen molar-refractivity contribution >= 4 is 29.1 Å². The SMILES string of the molecule is Cc1ccc(N2C(=O)CCC2C(=O)NCCc2ccc(Cl)cc2)cc1. The van der Waals surface area contributed by atoms with Gasteiger partial charge in [0.1, 0.15) is 6.04 Å². The summed E-state index contributed by atoms with van der Waals surface area (Å²) in [5, 5.41) is 3.65. The molecular weight excluding hydrogens is 336 g/mol. The van der Waals surface area contributed by atoms with Crippen molar-refractivity contribution in [3.63, 3.8) is 0 Å². The molecule has 0 aromatic heterocycles. The molecule has 1 N–H and O–H groups in total. The summed E-state index contributed by atoms with van der Waals surface area (Å²) in [5.74, 6) is -0.0953. The molecule has 3 rings (SSSR count). The third kappa shape index (κ3) is 4.20. The highest BCUT2D eigenvalue weighted by atomic mass is 35.5. The molecule has 5 heteroatoms. The molecule has 0 aliphatic carbocycles. The Morgan fingerprint density at radius 1 is 1.16 bits per heavy atom. The van der Waals surface area contributed by atoms with Crippen LogP contribution in [0.5, 0.6) is 0 Å². The first kappa shape index (κ1) is 17.5. The summed E-state index contributed by atoms with van der Waals surface area (Å²) < 4.78 is 0. The van der Waals surface area contributed by atoms with Crippen molar-refractivity contribution < 1.29 is 9.59 Å². The molecule has 130 valence electrons. The van der Waals surface area contributed by atoms with Crippen LogP contribution in [0, 0.1) is 6.92 Å². The Morgan fingerprint density at radius 2 is 1.84 bits per heavy atom. The lowest BCUT2D eigenvalue weighted by molar-refractivity contribution is -0.123.